The maximum atomic E-state index is 12.6. The van der Waals surface area contributed by atoms with Crippen molar-refractivity contribution in [1.29, 1.82) is 0 Å². The average Bonchev–Trinajstić information content (AvgIpc) is 3.23. The number of thioether (sulfide) groups is 1. The largest absolute Gasteiger partial charge is 0.325 e. The number of amides is 1. The second kappa shape index (κ2) is 9.01. The molecular weight excluding hydrogens is 370 g/mol. The number of hydrogen-bond acceptors (Lipinski definition) is 5. The molecule has 0 saturated heterocycles. The topological polar surface area (TPSA) is 72.7 Å². The number of para-hydroxylation sites is 1. The predicted octanol–water partition coefficient (Wildman–Crippen LogP) is 4.58. The summed E-state index contributed by atoms with van der Waals surface area (Å²) in [6.07, 6.45) is 5.92. The SMILES string of the molecule is O=C(CSc1nnnn1C1CCCCC1)Nc1ccccc1-c1ccccc1. The van der Waals surface area contributed by atoms with Crippen LogP contribution < -0.4 is 5.32 Å². The zero-order valence-corrected chi connectivity index (χ0v) is 16.4. The molecule has 1 heterocycles. The van der Waals surface area contributed by atoms with Crippen molar-refractivity contribution in [2.24, 2.45) is 0 Å². The molecule has 0 aliphatic heterocycles. The van der Waals surface area contributed by atoms with E-state index in [9.17, 15) is 4.79 Å². The fraction of sp³-hybridized carbons (Fsp3) is 0.333. The molecular formula is C21H23N5OS. The van der Waals surface area contributed by atoms with Crippen LogP contribution in [0.15, 0.2) is 59.8 Å². The number of nitrogens with zero attached hydrogens (tertiary/aromatic N) is 4. The molecule has 144 valence electrons. The number of carbonyl (C=O) groups is 1. The van der Waals surface area contributed by atoms with E-state index in [1.165, 1.54) is 31.0 Å². The molecule has 1 aliphatic carbocycles. The lowest BCUT2D eigenvalue weighted by atomic mass is 9.96. The minimum atomic E-state index is -0.0634. The molecule has 1 amide bonds. The molecule has 0 unspecified atom stereocenters. The lowest BCUT2D eigenvalue weighted by Crippen LogP contribution is -2.17. The van der Waals surface area contributed by atoms with Gasteiger partial charge in [0.1, 0.15) is 0 Å². The standard InChI is InChI=1S/C21H23N5OS/c27-20(15-28-21-23-24-25-26(21)17-11-5-2-6-12-17)22-19-14-8-7-13-18(19)16-9-3-1-4-10-16/h1,3-4,7-10,13-14,17H,2,5-6,11-12,15H2,(H,22,27). The molecule has 0 spiro atoms. The van der Waals surface area contributed by atoms with Gasteiger partial charge in [-0.15, -0.1) is 5.10 Å². The van der Waals surface area contributed by atoms with Crippen LogP contribution in [0.3, 0.4) is 0 Å². The molecule has 1 aromatic heterocycles. The van der Waals surface area contributed by atoms with Crippen LogP contribution in [0.1, 0.15) is 38.1 Å². The summed E-state index contributed by atoms with van der Waals surface area (Å²) in [6, 6.07) is 18.3. The number of benzene rings is 2. The van der Waals surface area contributed by atoms with Gasteiger partial charge in [0.05, 0.1) is 11.8 Å². The first kappa shape index (κ1) is 18.7. The van der Waals surface area contributed by atoms with Crippen LogP contribution in [0.2, 0.25) is 0 Å². The maximum absolute atomic E-state index is 12.6. The molecule has 1 saturated carbocycles. The van der Waals surface area contributed by atoms with Gasteiger partial charge in [-0.2, -0.15) is 0 Å². The highest BCUT2D eigenvalue weighted by Gasteiger charge is 2.21. The van der Waals surface area contributed by atoms with Crippen molar-refractivity contribution in [2.75, 3.05) is 11.1 Å². The van der Waals surface area contributed by atoms with Crippen LogP contribution in [-0.4, -0.2) is 31.9 Å². The Balaban J connectivity index is 1.41. The third-order valence-electron chi connectivity index (χ3n) is 5.00. The van der Waals surface area contributed by atoms with Gasteiger partial charge >= 0.3 is 0 Å². The van der Waals surface area contributed by atoms with Gasteiger partial charge in [0.2, 0.25) is 11.1 Å². The maximum Gasteiger partial charge on any atom is 0.234 e. The van der Waals surface area contributed by atoms with Crippen LogP contribution in [0.5, 0.6) is 0 Å². The minimum Gasteiger partial charge on any atom is -0.325 e. The van der Waals surface area contributed by atoms with Crippen LogP contribution >= 0.6 is 11.8 Å². The van der Waals surface area contributed by atoms with Crippen molar-refractivity contribution in [3.8, 4) is 11.1 Å². The molecule has 1 aliphatic rings. The fourth-order valence-electron chi connectivity index (χ4n) is 3.61. The van der Waals surface area contributed by atoms with E-state index in [1.54, 1.807) is 0 Å². The fourth-order valence-corrected chi connectivity index (χ4v) is 4.36. The second-order valence-electron chi connectivity index (χ2n) is 6.95. The summed E-state index contributed by atoms with van der Waals surface area (Å²) < 4.78 is 1.90. The zero-order valence-electron chi connectivity index (χ0n) is 15.6. The van der Waals surface area contributed by atoms with Gasteiger partial charge in [-0.25, -0.2) is 4.68 Å². The number of carbonyl (C=O) groups excluding carboxylic acids is 1. The van der Waals surface area contributed by atoms with E-state index in [-0.39, 0.29) is 11.7 Å². The first-order valence-corrected chi connectivity index (χ1v) is 10.6. The predicted molar refractivity (Wildman–Crippen MR) is 111 cm³/mol. The number of tetrazole rings is 1. The summed E-state index contributed by atoms with van der Waals surface area (Å²) in [4.78, 5) is 12.6. The van der Waals surface area contributed by atoms with E-state index in [0.717, 1.165) is 34.8 Å². The molecule has 7 heteroatoms. The molecule has 6 nitrogen and oxygen atoms in total. The molecule has 4 rings (SSSR count). The van der Waals surface area contributed by atoms with Gasteiger partial charge < -0.3 is 5.32 Å². The number of nitrogens with one attached hydrogen (secondary N) is 1. The van der Waals surface area contributed by atoms with E-state index in [4.69, 9.17) is 0 Å². The summed E-state index contributed by atoms with van der Waals surface area (Å²) in [5, 5.41) is 15.9. The Kier molecular flexibility index (Phi) is 6.01. The molecule has 28 heavy (non-hydrogen) atoms. The molecule has 1 fully saturated rings. The lowest BCUT2D eigenvalue weighted by molar-refractivity contribution is -0.113. The normalized spacial score (nSPS) is 14.7. The van der Waals surface area contributed by atoms with Gasteiger partial charge in [0.25, 0.3) is 0 Å². The highest BCUT2D eigenvalue weighted by Crippen LogP contribution is 2.31. The highest BCUT2D eigenvalue weighted by molar-refractivity contribution is 7.99. The van der Waals surface area contributed by atoms with Crippen molar-refractivity contribution in [3.63, 3.8) is 0 Å². The van der Waals surface area contributed by atoms with Crippen molar-refractivity contribution in [2.45, 2.75) is 43.3 Å². The van der Waals surface area contributed by atoms with E-state index in [0.29, 0.717) is 6.04 Å². The number of anilines is 1. The van der Waals surface area contributed by atoms with Crippen molar-refractivity contribution in [1.82, 2.24) is 20.2 Å². The van der Waals surface area contributed by atoms with Crippen molar-refractivity contribution >= 4 is 23.4 Å². The van der Waals surface area contributed by atoms with Gasteiger partial charge in [-0.05, 0) is 34.9 Å². The summed E-state index contributed by atoms with van der Waals surface area (Å²) in [5.41, 5.74) is 2.90. The van der Waals surface area contributed by atoms with Gasteiger partial charge in [-0.3, -0.25) is 4.79 Å². The minimum absolute atomic E-state index is 0.0634. The van der Waals surface area contributed by atoms with Crippen molar-refractivity contribution in [3.05, 3.63) is 54.6 Å². The van der Waals surface area contributed by atoms with E-state index < -0.39 is 0 Å². The van der Waals surface area contributed by atoms with Gasteiger partial charge in [0.15, 0.2) is 0 Å². The first-order valence-electron chi connectivity index (χ1n) is 9.66. The van der Waals surface area contributed by atoms with Crippen LogP contribution in [0.25, 0.3) is 11.1 Å². The first-order chi connectivity index (χ1) is 13.8. The monoisotopic (exact) mass is 393 g/mol. The van der Waals surface area contributed by atoms with Crippen LogP contribution in [0.4, 0.5) is 5.69 Å². The van der Waals surface area contributed by atoms with Gasteiger partial charge in [-0.1, -0.05) is 79.6 Å². The Morgan fingerprint density at radius 2 is 1.79 bits per heavy atom. The number of rotatable bonds is 6. The Labute approximate surface area is 168 Å². The molecule has 3 aromatic rings. The Hall–Kier alpha value is -2.67. The Morgan fingerprint density at radius 1 is 1.04 bits per heavy atom. The van der Waals surface area contributed by atoms with E-state index >= 15 is 0 Å². The highest BCUT2D eigenvalue weighted by atomic mass is 32.2. The summed E-state index contributed by atoms with van der Waals surface area (Å²) in [6.45, 7) is 0. The van der Waals surface area contributed by atoms with Crippen LogP contribution in [0, 0.1) is 0 Å². The third kappa shape index (κ3) is 4.42. The summed E-state index contributed by atoms with van der Waals surface area (Å²) in [7, 11) is 0. The molecule has 0 bridgehead atoms. The zero-order chi connectivity index (χ0) is 19.2. The van der Waals surface area contributed by atoms with E-state index in [2.05, 4.69) is 20.8 Å². The second-order valence-corrected chi connectivity index (χ2v) is 7.89. The van der Waals surface area contributed by atoms with Crippen LogP contribution in [-0.2, 0) is 4.79 Å². The number of aromatic nitrogens is 4. The lowest BCUT2D eigenvalue weighted by Gasteiger charge is -2.21. The summed E-state index contributed by atoms with van der Waals surface area (Å²) in [5.74, 6) is 0.211. The van der Waals surface area contributed by atoms with Crippen molar-refractivity contribution < 1.29 is 4.79 Å². The molecule has 2 aromatic carbocycles. The smallest absolute Gasteiger partial charge is 0.234 e. The molecule has 0 radical (unpaired) electrons. The van der Waals surface area contributed by atoms with E-state index in [1.807, 2.05) is 59.3 Å². The molecule has 1 N–H and O–H groups in total. The quantitative estimate of drug-likeness (QED) is 0.621. The average molecular weight is 394 g/mol. The Bertz CT molecular complexity index is 921. The Morgan fingerprint density at radius 3 is 2.61 bits per heavy atom. The summed E-state index contributed by atoms with van der Waals surface area (Å²) >= 11 is 1.39. The number of hydrogen-bond donors (Lipinski definition) is 1. The van der Waals surface area contributed by atoms with Gasteiger partial charge in [0, 0.05) is 11.3 Å². The molecule has 0 atom stereocenters. The third-order valence-corrected chi connectivity index (χ3v) is 5.93.